The number of rotatable bonds is 5. The number of hydrogen-bond acceptors (Lipinski definition) is 4. The van der Waals surface area contributed by atoms with Crippen molar-refractivity contribution < 1.29 is 9.18 Å². The fourth-order valence-electron chi connectivity index (χ4n) is 4.99. The zero-order valence-corrected chi connectivity index (χ0v) is 17.6. The van der Waals surface area contributed by atoms with E-state index in [1.165, 1.54) is 38.2 Å². The number of benzene rings is 1. The second kappa shape index (κ2) is 8.65. The molecular formula is C24H28FN5O. The Morgan fingerprint density at radius 2 is 1.97 bits per heavy atom. The highest BCUT2D eigenvalue weighted by molar-refractivity contribution is 5.93. The molecule has 162 valence electrons. The van der Waals surface area contributed by atoms with Gasteiger partial charge >= 0.3 is 0 Å². The molecule has 3 aromatic rings. The summed E-state index contributed by atoms with van der Waals surface area (Å²) in [7, 11) is 0. The molecule has 1 aliphatic carbocycles. The van der Waals surface area contributed by atoms with E-state index in [1.54, 1.807) is 22.8 Å². The molecule has 3 heterocycles. The molecule has 2 aromatic heterocycles. The molecule has 6 nitrogen and oxygen atoms in total. The van der Waals surface area contributed by atoms with Crippen LogP contribution in [0.5, 0.6) is 0 Å². The number of hydrogen-bond donors (Lipinski definition) is 1. The fraction of sp³-hybridized carbons (Fsp3) is 0.458. The van der Waals surface area contributed by atoms with E-state index < -0.39 is 0 Å². The molecule has 1 saturated carbocycles. The Bertz CT molecular complexity index is 1070. The standard InChI is InChI=1S/C24H28FN5O/c25-19-9-4-8-18(14-19)20-10-5-13-29(20)23-12-11-22-26-16-21(30(22)28-23)24(31)27-15-17-6-2-1-3-7-17/h4,8-9,11-12,14,16-17,20H,1-3,5-7,10,13,15H2,(H,27,31). The zero-order valence-electron chi connectivity index (χ0n) is 17.6. The van der Waals surface area contributed by atoms with Gasteiger partial charge in [-0.25, -0.2) is 13.9 Å². The largest absolute Gasteiger partial charge is 0.350 e. The van der Waals surface area contributed by atoms with Crippen molar-refractivity contribution in [2.45, 2.75) is 51.0 Å². The molecule has 1 aromatic carbocycles. The van der Waals surface area contributed by atoms with Gasteiger partial charge in [0.15, 0.2) is 11.3 Å². The molecule has 0 radical (unpaired) electrons. The van der Waals surface area contributed by atoms with Gasteiger partial charge in [0, 0.05) is 13.1 Å². The quantitative estimate of drug-likeness (QED) is 0.658. The molecule has 1 amide bonds. The van der Waals surface area contributed by atoms with Crippen molar-refractivity contribution in [3.05, 3.63) is 59.7 Å². The minimum atomic E-state index is -0.223. The van der Waals surface area contributed by atoms with E-state index in [0.29, 0.717) is 23.8 Å². The van der Waals surface area contributed by atoms with Crippen LogP contribution in [0.4, 0.5) is 10.2 Å². The molecule has 1 aliphatic heterocycles. The van der Waals surface area contributed by atoms with Crippen LogP contribution in [0.1, 0.15) is 67.0 Å². The number of anilines is 1. The van der Waals surface area contributed by atoms with E-state index in [0.717, 1.165) is 30.8 Å². The number of amides is 1. The highest BCUT2D eigenvalue weighted by Crippen LogP contribution is 2.35. The van der Waals surface area contributed by atoms with Crippen LogP contribution in [0.2, 0.25) is 0 Å². The third-order valence-corrected chi connectivity index (χ3v) is 6.64. The Hall–Kier alpha value is -2.96. The van der Waals surface area contributed by atoms with Gasteiger partial charge in [0.25, 0.3) is 5.91 Å². The van der Waals surface area contributed by atoms with E-state index in [1.807, 2.05) is 18.2 Å². The van der Waals surface area contributed by atoms with Crippen LogP contribution in [-0.2, 0) is 0 Å². The van der Waals surface area contributed by atoms with Crippen LogP contribution in [-0.4, -0.2) is 33.6 Å². The SMILES string of the molecule is O=C(NCC1CCCCC1)c1cnc2ccc(N3CCCC3c3cccc(F)c3)nn12. The zero-order chi connectivity index (χ0) is 21.2. The normalized spacial score (nSPS) is 19.8. The summed E-state index contributed by atoms with van der Waals surface area (Å²) in [6, 6.07) is 10.7. The van der Waals surface area contributed by atoms with Crippen LogP contribution in [0, 0.1) is 11.7 Å². The van der Waals surface area contributed by atoms with Crippen LogP contribution in [0.15, 0.2) is 42.6 Å². The van der Waals surface area contributed by atoms with Gasteiger partial charge < -0.3 is 10.2 Å². The Morgan fingerprint density at radius 1 is 1.10 bits per heavy atom. The van der Waals surface area contributed by atoms with Crippen molar-refractivity contribution in [1.82, 2.24) is 19.9 Å². The first kappa shape index (κ1) is 20.0. The van der Waals surface area contributed by atoms with E-state index in [-0.39, 0.29) is 17.8 Å². The minimum absolute atomic E-state index is 0.0766. The third-order valence-electron chi connectivity index (χ3n) is 6.64. The maximum Gasteiger partial charge on any atom is 0.271 e. The molecule has 0 bridgehead atoms. The van der Waals surface area contributed by atoms with Crippen LogP contribution in [0.25, 0.3) is 5.65 Å². The summed E-state index contributed by atoms with van der Waals surface area (Å²) in [4.78, 5) is 19.4. The Balaban J connectivity index is 1.37. The van der Waals surface area contributed by atoms with Gasteiger partial charge in [0.2, 0.25) is 0 Å². The lowest BCUT2D eigenvalue weighted by atomic mass is 9.89. The number of halogens is 1. The summed E-state index contributed by atoms with van der Waals surface area (Å²) in [6.45, 7) is 1.55. The topological polar surface area (TPSA) is 62.5 Å². The summed E-state index contributed by atoms with van der Waals surface area (Å²) in [6.07, 6.45) is 9.74. The predicted molar refractivity (Wildman–Crippen MR) is 118 cm³/mol. The smallest absolute Gasteiger partial charge is 0.271 e. The maximum absolute atomic E-state index is 13.8. The van der Waals surface area contributed by atoms with E-state index in [2.05, 4.69) is 15.2 Å². The minimum Gasteiger partial charge on any atom is -0.350 e. The molecule has 2 fully saturated rings. The number of imidazole rings is 1. The van der Waals surface area contributed by atoms with Crippen molar-refractivity contribution in [2.24, 2.45) is 5.92 Å². The van der Waals surface area contributed by atoms with Gasteiger partial charge in [-0.05, 0) is 61.4 Å². The van der Waals surface area contributed by atoms with Crippen molar-refractivity contribution >= 4 is 17.4 Å². The average Bonchev–Trinajstić information content (AvgIpc) is 3.45. The summed E-state index contributed by atoms with van der Waals surface area (Å²) >= 11 is 0. The molecule has 1 N–H and O–H groups in total. The summed E-state index contributed by atoms with van der Waals surface area (Å²) < 4.78 is 15.4. The molecule has 1 saturated heterocycles. The molecule has 5 rings (SSSR count). The Morgan fingerprint density at radius 3 is 2.81 bits per heavy atom. The average molecular weight is 422 g/mol. The molecule has 31 heavy (non-hydrogen) atoms. The number of carbonyl (C=O) groups is 1. The van der Waals surface area contributed by atoms with Gasteiger partial charge in [-0.15, -0.1) is 5.10 Å². The van der Waals surface area contributed by atoms with Crippen LogP contribution < -0.4 is 10.2 Å². The van der Waals surface area contributed by atoms with Crippen LogP contribution >= 0.6 is 0 Å². The number of nitrogens with zero attached hydrogens (tertiary/aromatic N) is 4. The second-order valence-electron chi connectivity index (χ2n) is 8.73. The molecule has 0 spiro atoms. The molecule has 1 unspecified atom stereocenters. The molecular weight excluding hydrogens is 393 g/mol. The van der Waals surface area contributed by atoms with Gasteiger partial charge in [0.1, 0.15) is 11.6 Å². The lowest BCUT2D eigenvalue weighted by Gasteiger charge is -2.26. The van der Waals surface area contributed by atoms with Gasteiger partial charge in [-0.1, -0.05) is 31.4 Å². The first-order valence-corrected chi connectivity index (χ1v) is 11.3. The second-order valence-corrected chi connectivity index (χ2v) is 8.73. The maximum atomic E-state index is 13.8. The van der Waals surface area contributed by atoms with Gasteiger partial charge in [-0.3, -0.25) is 4.79 Å². The highest BCUT2D eigenvalue weighted by Gasteiger charge is 2.28. The van der Waals surface area contributed by atoms with Crippen molar-refractivity contribution in [3.63, 3.8) is 0 Å². The third kappa shape index (κ3) is 4.13. The van der Waals surface area contributed by atoms with E-state index in [9.17, 15) is 9.18 Å². The van der Waals surface area contributed by atoms with Crippen molar-refractivity contribution in [1.29, 1.82) is 0 Å². The Labute approximate surface area is 181 Å². The van der Waals surface area contributed by atoms with Gasteiger partial charge in [0.05, 0.1) is 12.2 Å². The van der Waals surface area contributed by atoms with E-state index >= 15 is 0 Å². The molecule has 2 aliphatic rings. The number of nitrogens with one attached hydrogen (secondary N) is 1. The molecule has 1 atom stereocenters. The highest BCUT2D eigenvalue weighted by atomic mass is 19.1. The summed E-state index contributed by atoms with van der Waals surface area (Å²) in [5.74, 6) is 0.987. The monoisotopic (exact) mass is 421 g/mol. The number of fused-ring (bicyclic) bond motifs is 1. The first-order valence-electron chi connectivity index (χ1n) is 11.3. The summed E-state index contributed by atoms with van der Waals surface area (Å²) in [5.41, 5.74) is 2.05. The number of carbonyl (C=O) groups excluding carboxylic acids is 1. The number of aromatic nitrogens is 3. The van der Waals surface area contributed by atoms with Crippen molar-refractivity contribution in [3.8, 4) is 0 Å². The van der Waals surface area contributed by atoms with Crippen LogP contribution in [0.3, 0.4) is 0 Å². The van der Waals surface area contributed by atoms with Crippen molar-refractivity contribution in [2.75, 3.05) is 18.0 Å². The van der Waals surface area contributed by atoms with Gasteiger partial charge in [-0.2, -0.15) is 0 Å². The summed E-state index contributed by atoms with van der Waals surface area (Å²) in [5, 5.41) is 7.84. The lowest BCUT2D eigenvalue weighted by molar-refractivity contribution is 0.0936. The molecule has 7 heteroatoms. The predicted octanol–water partition coefficient (Wildman–Crippen LogP) is 4.52. The Kier molecular flexibility index (Phi) is 5.57. The van der Waals surface area contributed by atoms with E-state index in [4.69, 9.17) is 5.10 Å². The fourth-order valence-corrected chi connectivity index (χ4v) is 4.99. The lowest BCUT2D eigenvalue weighted by Crippen LogP contribution is -2.31. The first-order chi connectivity index (χ1) is 15.2.